The van der Waals surface area contributed by atoms with Gasteiger partial charge in [0.15, 0.2) is 5.82 Å². The number of amides is 1. The Morgan fingerprint density at radius 3 is 2.59 bits per heavy atom. The Kier molecular flexibility index (Phi) is 6.07. The number of halogens is 1. The number of rotatable bonds is 7. The standard InChI is InChI=1S/C23H28FN7O/c1-5-19-22(32)29(4)20-12-26-23(28-21(20)31(19)15(2)3)25-10-17-11-27-30(14-17)13-16-6-8-18(24)9-7-16/h6-9,11-12,14-15,19H,5,10,13H2,1-4H3,(H,25,26,28). The second-order valence-electron chi connectivity index (χ2n) is 8.25. The molecule has 32 heavy (non-hydrogen) atoms. The third-order valence-corrected chi connectivity index (χ3v) is 5.65. The topological polar surface area (TPSA) is 79.2 Å². The Labute approximate surface area is 187 Å². The van der Waals surface area contributed by atoms with Crippen molar-refractivity contribution < 1.29 is 9.18 Å². The molecule has 4 rings (SSSR count). The summed E-state index contributed by atoms with van der Waals surface area (Å²) in [5.41, 5.74) is 2.67. The molecule has 1 aliphatic rings. The molecule has 1 atom stereocenters. The number of benzene rings is 1. The Morgan fingerprint density at radius 2 is 1.91 bits per heavy atom. The van der Waals surface area contributed by atoms with Crippen molar-refractivity contribution in [2.75, 3.05) is 22.2 Å². The molecule has 1 aromatic carbocycles. The zero-order valence-electron chi connectivity index (χ0n) is 18.8. The highest BCUT2D eigenvalue weighted by Crippen LogP contribution is 2.36. The number of fused-ring (bicyclic) bond motifs is 1. The molecule has 1 unspecified atom stereocenters. The van der Waals surface area contributed by atoms with E-state index >= 15 is 0 Å². The van der Waals surface area contributed by atoms with Crippen molar-refractivity contribution in [1.29, 1.82) is 0 Å². The lowest BCUT2D eigenvalue weighted by atomic mass is 10.1. The van der Waals surface area contributed by atoms with Gasteiger partial charge in [-0.3, -0.25) is 9.48 Å². The summed E-state index contributed by atoms with van der Waals surface area (Å²) < 4.78 is 14.9. The molecule has 0 bridgehead atoms. The van der Waals surface area contributed by atoms with Gasteiger partial charge in [-0.1, -0.05) is 19.1 Å². The van der Waals surface area contributed by atoms with Gasteiger partial charge >= 0.3 is 0 Å². The van der Waals surface area contributed by atoms with E-state index < -0.39 is 0 Å². The number of aromatic nitrogens is 4. The van der Waals surface area contributed by atoms with Crippen molar-refractivity contribution in [2.24, 2.45) is 0 Å². The zero-order chi connectivity index (χ0) is 22.8. The van der Waals surface area contributed by atoms with E-state index in [0.717, 1.165) is 16.9 Å². The fourth-order valence-corrected chi connectivity index (χ4v) is 4.01. The first kappa shape index (κ1) is 21.7. The van der Waals surface area contributed by atoms with Crippen LogP contribution in [0.25, 0.3) is 0 Å². The molecule has 0 aliphatic carbocycles. The molecule has 2 aromatic heterocycles. The van der Waals surface area contributed by atoms with Crippen LogP contribution >= 0.6 is 0 Å². The maximum atomic E-state index is 13.1. The molecule has 1 aliphatic heterocycles. The average Bonchev–Trinajstić information content (AvgIpc) is 3.23. The number of carbonyl (C=O) groups is 1. The van der Waals surface area contributed by atoms with Gasteiger partial charge in [0, 0.05) is 31.4 Å². The SMILES string of the molecule is CCC1C(=O)N(C)c2cnc(NCc3cnn(Cc4ccc(F)cc4)c3)nc2N1C(C)C. The third kappa shape index (κ3) is 4.28. The van der Waals surface area contributed by atoms with Crippen molar-refractivity contribution in [2.45, 2.75) is 52.4 Å². The van der Waals surface area contributed by atoms with Crippen LogP contribution in [0.15, 0.2) is 42.9 Å². The van der Waals surface area contributed by atoms with Crippen LogP contribution in [-0.4, -0.2) is 44.8 Å². The monoisotopic (exact) mass is 437 g/mol. The maximum Gasteiger partial charge on any atom is 0.249 e. The predicted octanol–water partition coefficient (Wildman–Crippen LogP) is 3.44. The van der Waals surface area contributed by atoms with Gasteiger partial charge < -0.3 is 15.1 Å². The molecule has 0 saturated carbocycles. The van der Waals surface area contributed by atoms with Gasteiger partial charge in [0.05, 0.1) is 18.9 Å². The van der Waals surface area contributed by atoms with E-state index in [1.54, 1.807) is 36.5 Å². The highest BCUT2D eigenvalue weighted by Gasteiger charge is 2.38. The molecule has 3 aromatic rings. The summed E-state index contributed by atoms with van der Waals surface area (Å²) in [6.07, 6.45) is 6.13. The third-order valence-electron chi connectivity index (χ3n) is 5.65. The summed E-state index contributed by atoms with van der Waals surface area (Å²) in [4.78, 5) is 25.6. The van der Waals surface area contributed by atoms with E-state index in [1.165, 1.54) is 12.1 Å². The molecule has 0 fully saturated rings. The van der Waals surface area contributed by atoms with Crippen LogP contribution in [0.3, 0.4) is 0 Å². The number of anilines is 3. The lowest BCUT2D eigenvalue weighted by Gasteiger charge is -2.42. The minimum absolute atomic E-state index is 0.0616. The lowest BCUT2D eigenvalue weighted by molar-refractivity contribution is -0.120. The molecule has 3 heterocycles. The summed E-state index contributed by atoms with van der Waals surface area (Å²) in [5.74, 6) is 1.07. The first-order valence-corrected chi connectivity index (χ1v) is 10.8. The second kappa shape index (κ2) is 8.94. The first-order valence-electron chi connectivity index (χ1n) is 10.8. The normalized spacial score (nSPS) is 15.9. The Hall–Kier alpha value is -3.49. The van der Waals surface area contributed by atoms with Crippen LogP contribution in [0.2, 0.25) is 0 Å². The van der Waals surface area contributed by atoms with Crippen LogP contribution in [0.4, 0.5) is 21.8 Å². The van der Waals surface area contributed by atoms with E-state index in [-0.39, 0.29) is 23.8 Å². The van der Waals surface area contributed by atoms with Crippen LogP contribution in [0.5, 0.6) is 0 Å². The van der Waals surface area contributed by atoms with Gasteiger partial charge in [0.25, 0.3) is 0 Å². The van der Waals surface area contributed by atoms with E-state index in [9.17, 15) is 9.18 Å². The quantitative estimate of drug-likeness (QED) is 0.610. The Bertz CT molecular complexity index is 1100. The summed E-state index contributed by atoms with van der Waals surface area (Å²) >= 11 is 0. The summed E-state index contributed by atoms with van der Waals surface area (Å²) in [7, 11) is 1.77. The number of nitrogens with one attached hydrogen (secondary N) is 1. The van der Waals surface area contributed by atoms with Crippen LogP contribution in [-0.2, 0) is 17.9 Å². The van der Waals surface area contributed by atoms with Crippen molar-refractivity contribution in [3.63, 3.8) is 0 Å². The highest BCUT2D eigenvalue weighted by molar-refractivity contribution is 6.04. The molecule has 8 nitrogen and oxygen atoms in total. The summed E-state index contributed by atoms with van der Waals surface area (Å²) in [5, 5.41) is 7.64. The Balaban J connectivity index is 1.48. The number of hydrogen-bond acceptors (Lipinski definition) is 6. The fourth-order valence-electron chi connectivity index (χ4n) is 4.01. The summed E-state index contributed by atoms with van der Waals surface area (Å²) in [6.45, 7) is 7.22. The van der Waals surface area contributed by atoms with Gasteiger partial charge in [-0.25, -0.2) is 9.37 Å². The van der Waals surface area contributed by atoms with Gasteiger partial charge in [-0.2, -0.15) is 10.1 Å². The van der Waals surface area contributed by atoms with E-state index in [4.69, 9.17) is 4.98 Å². The second-order valence-corrected chi connectivity index (χ2v) is 8.25. The molecule has 1 N–H and O–H groups in total. The molecular formula is C23H28FN7O. The van der Waals surface area contributed by atoms with Gasteiger partial charge in [0.1, 0.15) is 17.5 Å². The van der Waals surface area contributed by atoms with Gasteiger partial charge in [-0.15, -0.1) is 0 Å². The predicted molar refractivity (Wildman–Crippen MR) is 122 cm³/mol. The lowest BCUT2D eigenvalue weighted by Crippen LogP contribution is -2.54. The van der Waals surface area contributed by atoms with Crippen LogP contribution in [0.1, 0.15) is 38.3 Å². The molecule has 168 valence electrons. The molecule has 0 radical (unpaired) electrons. The Morgan fingerprint density at radius 1 is 1.16 bits per heavy atom. The molecule has 0 spiro atoms. The smallest absolute Gasteiger partial charge is 0.249 e. The number of hydrogen-bond donors (Lipinski definition) is 1. The fraction of sp³-hybridized carbons (Fsp3) is 0.391. The summed E-state index contributed by atoms with van der Waals surface area (Å²) in [6, 6.07) is 6.29. The maximum absolute atomic E-state index is 13.1. The molecule has 1 amide bonds. The molecule has 9 heteroatoms. The highest BCUT2D eigenvalue weighted by atomic mass is 19.1. The minimum Gasteiger partial charge on any atom is -0.350 e. The largest absolute Gasteiger partial charge is 0.350 e. The van der Waals surface area contributed by atoms with Crippen LogP contribution in [0, 0.1) is 5.82 Å². The number of carbonyl (C=O) groups excluding carboxylic acids is 1. The van der Waals surface area contributed by atoms with Crippen molar-refractivity contribution in [3.8, 4) is 0 Å². The number of likely N-dealkylation sites (N-methyl/N-ethyl adjacent to an activating group) is 1. The zero-order valence-corrected chi connectivity index (χ0v) is 18.8. The van der Waals surface area contributed by atoms with Gasteiger partial charge in [-0.05, 0) is 38.0 Å². The number of nitrogens with zero attached hydrogens (tertiary/aromatic N) is 6. The van der Waals surface area contributed by atoms with Gasteiger partial charge in [0.2, 0.25) is 11.9 Å². The molecule has 0 saturated heterocycles. The van der Waals surface area contributed by atoms with Crippen molar-refractivity contribution in [1.82, 2.24) is 19.7 Å². The average molecular weight is 438 g/mol. The van der Waals surface area contributed by atoms with Crippen molar-refractivity contribution >= 4 is 23.4 Å². The van der Waals surface area contributed by atoms with Crippen molar-refractivity contribution in [3.05, 3.63) is 59.8 Å². The van der Waals surface area contributed by atoms with E-state index in [0.29, 0.717) is 31.1 Å². The van der Waals surface area contributed by atoms with E-state index in [2.05, 4.69) is 34.1 Å². The first-order chi connectivity index (χ1) is 15.4. The van der Waals surface area contributed by atoms with Crippen LogP contribution < -0.4 is 15.1 Å². The molecular weight excluding hydrogens is 409 g/mol. The van der Waals surface area contributed by atoms with E-state index in [1.807, 2.05) is 17.8 Å². The minimum atomic E-state index is -0.249.